The highest BCUT2D eigenvalue weighted by Gasteiger charge is 2.33. The maximum Gasteiger partial charge on any atom is 0.416 e. The van der Waals surface area contributed by atoms with Gasteiger partial charge in [-0.2, -0.15) is 13.2 Å². The topological polar surface area (TPSA) is 49.3 Å². The lowest BCUT2D eigenvalue weighted by Gasteiger charge is -2.18. The highest BCUT2D eigenvalue weighted by atomic mass is 19.4. The van der Waals surface area contributed by atoms with E-state index in [0.29, 0.717) is 0 Å². The molecular weight excluding hydrogens is 259 g/mol. The third-order valence-corrected chi connectivity index (χ3v) is 2.73. The Hall–Kier alpha value is -1.56. The average Bonchev–Trinajstić information content (AvgIpc) is 2.33. The van der Waals surface area contributed by atoms with Crippen LogP contribution in [-0.4, -0.2) is 24.2 Å². The van der Waals surface area contributed by atoms with Crippen LogP contribution in [0.15, 0.2) is 24.3 Å². The molecule has 0 radical (unpaired) electrons. The number of hydrogen-bond acceptors (Lipinski definition) is 2. The number of alkyl halides is 3. The number of hydrogen-bond donors (Lipinski definition) is 2. The quantitative estimate of drug-likeness (QED) is 0.863. The van der Waals surface area contributed by atoms with Gasteiger partial charge in [-0.15, -0.1) is 0 Å². The summed E-state index contributed by atoms with van der Waals surface area (Å²) in [6, 6.07) is 5.26. The number of carbonyl (C=O) groups excluding carboxylic acids is 1. The van der Waals surface area contributed by atoms with Gasteiger partial charge in [0.15, 0.2) is 0 Å². The van der Waals surface area contributed by atoms with Gasteiger partial charge in [-0.1, -0.05) is 18.2 Å². The van der Waals surface area contributed by atoms with Crippen molar-refractivity contribution in [3.05, 3.63) is 35.4 Å². The van der Waals surface area contributed by atoms with Gasteiger partial charge in [-0.05, 0) is 18.1 Å². The maximum absolute atomic E-state index is 12.8. The number of carbonyl (C=O) groups is 1. The summed E-state index contributed by atoms with van der Waals surface area (Å²) in [7, 11) is 0. The number of rotatable bonds is 5. The van der Waals surface area contributed by atoms with Crippen LogP contribution in [0.2, 0.25) is 0 Å². The second-order valence-corrected chi connectivity index (χ2v) is 4.34. The fourth-order valence-corrected chi connectivity index (χ4v) is 1.78. The van der Waals surface area contributed by atoms with E-state index in [2.05, 4.69) is 5.32 Å². The molecule has 1 rings (SSSR count). The lowest BCUT2D eigenvalue weighted by Crippen LogP contribution is -2.30. The molecule has 0 aliphatic carbocycles. The molecule has 0 fully saturated rings. The monoisotopic (exact) mass is 275 g/mol. The van der Waals surface area contributed by atoms with Crippen LogP contribution in [0.4, 0.5) is 13.2 Å². The molecule has 0 spiro atoms. The summed E-state index contributed by atoms with van der Waals surface area (Å²) in [4.78, 5) is 10.8. The van der Waals surface area contributed by atoms with Gasteiger partial charge in [-0.3, -0.25) is 4.79 Å². The summed E-state index contributed by atoms with van der Waals surface area (Å²) in [5.74, 6) is -0.713. The van der Waals surface area contributed by atoms with Crippen molar-refractivity contribution in [3.8, 4) is 0 Å². The number of aliphatic hydroxyl groups excluding tert-OH is 1. The van der Waals surface area contributed by atoms with Gasteiger partial charge < -0.3 is 10.4 Å². The minimum absolute atomic E-state index is 0.0620. The molecule has 1 aromatic rings. The van der Waals surface area contributed by atoms with Gasteiger partial charge >= 0.3 is 6.18 Å². The largest absolute Gasteiger partial charge is 0.416 e. The van der Waals surface area contributed by atoms with Gasteiger partial charge in [0.1, 0.15) is 0 Å². The van der Waals surface area contributed by atoms with Crippen molar-refractivity contribution in [2.45, 2.75) is 19.5 Å². The van der Waals surface area contributed by atoms with E-state index in [1.54, 1.807) is 0 Å². The normalized spacial score (nSPS) is 13.1. The summed E-state index contributed by atoms with van der Waals surface area (Å²) in [5.41, 5.74) is -0.573. The molecule has 1 amide bonds. The van der Waals surface area contributed by atoms with E-state index in [1.807, 2.05) is 0 Å². The molecule has 0 saturated heterocycles. The third kappa shape index (κ3) is 4.90. The zero-order valence-corrected chi connectivity index (χ0v) is 10.5. The van der Waals surface area contributed by atoms with E-state index in [-0.39, 0.29) is 31.0 Å². The molecule has 106 valence electrons. The van der Waals surface area contributed by atoms with Crippen LogP contribution in [-0.2, 0) is 17.4 Å². The van der Waals surface area contributed by atoms with Crippen molar-refractivity contribution < 1.29 is 23.1 Å². The summed E-state index contributed by atoms with van der Waals surface area (Å²) in [5, 5.41) is 11.7. The van der Waals surface area contributed by atoms with Crippen LogP contribution in [0.25, 0.3) is 0 Å². The van der Waals surface area contributed by atoms with Crippen LogP contribution in [0.1, 0.15) is 18.1 Å². The molecule has 1 unspecified atom stereocenters. The van der Waals surface area contributed by atoms with Crippen LogP contribution in [0.3, 0.4) is 0 Å². The molecule has 6 heteroatoms. The first-order chi connectivity index (χ1) is 8.84. The van der Waals surface area contributed by atoms with Crippen molar-refractivity contribution >= 4 is 5.91 Å². The Kier molecular flexibility index (Phi) is 5.35. The van der Waals surface area contributed by atoms with Crippen molar-refractivity contribution in [1.29, 1.82) is 0 Å². The van der Waals surface area contributed by atoms with Gasteiger partial charge in [0.2, 0.25) is 5.91 Å². The number of benzene rings is 1. The molecule has 0 aromatic heterocycles. The summed E-state index contributed by atoms with van der Waals surface area (Å²) in [6.07, 6.45) is -4.35. The maximum atomic E-state index is 12.8. The van der Waals surface area contributed by atoms with Crippen LogP contribution in [0.5, 0.6) is 0 Å². The van der Waals surface area contributed by atoms with Gasteiger partial charge in [-0.25, -0.2) is 0 Å². The molecular formula is C13H16F3NO2. The lowest BCUT2D eigenvalue weighted by molar-refractivity contribution is -0.138. The van der Waals surface area contributed by atoms with Gasteiger partial charge in [0.05, 0.1) is 5.56 Å². The molecule has 2 N–H and O–H groups in total. The Morgan fingerprint density at radius 1 is 1.37 bits per heavy atom. The molecule has 1 aromatic carbocycles. The van der Waals surface area contributed by atoms with Crippen LogP contribution < -0.4 is 5.32 Å². The van der Waals surface area contributed by atoms with Crippen molar-refractivity contribution in [1.82, 2.24) is 5.32 Å². The van der Waals surface area contributed by atoms with Gasteiger partial charge in [0.25, 0.3) is 0 Å². The highest BCUT2D eigenvalue weighted by Crippen LogP contribution is 2.32. The second kappa shape index (κ2) is 6.56. The third-order valence-electron chi connectivity index (χ3n) is 2.73. The summed E-state index contributed by atoms with van der Waals surface area (Å²) >= 11 is 0. The molecule has 0 aliphatic heterocycles. The molecule has 0 saturated carbocycles. The average molecular weight is 275 g/mol. The molecule has 1 atom stereocenters. The first-order valence-electron chi connectivity index (χ1n) is 5.85. The van der Waals surface area contributed by atoms with E-state index in [1.165, 1.54) is 25.1 Å². The minimum Gasteiger partial charge on any atom is -0.396 e. The predicted octanol–water partition coefficient (Wildman–Crippen LogP) is 1.99. The minimum atomic E-state index is -4.41. The Bertz CT molecular complexity index is 432. The Balaban J connectivity index is 2.82. The number of halogens is 3. The zero-order valence-electron chi connectivity index (χ0n) is 10.5. The SMILES string of the molecule is CC(=O)NCC(CO)Cc1ccccc1C(F)(F)F. The van der Waals surface area contributed by atoms with Crippen molar-refractivity contribution in [2.75, 3.05) is 13.2 Å². The lowest BCUT2D eigenvalue weighted by atomic mass is 9.95. The van der Waals surface area contributed by atoms with E-state index in [0.717, 1.165) is 6.07 Å². The molecule has 19 heavy (non-hydrogen) atoms. The van der Waals surface area contributed by atoms with Crippen molar-refractivity contribution in [3.63, 3.8) is 0 Å². The fraction of sp³-hybridized carbons (Fsp3) is 0.462. The predicted molar refractivity (Wildman–Crippen MR) is 64.4 cm³/mol. The van der Waals surface area contributed by atoms with Gasteiger partial charge in [0, 0.05) is 26.0 Å². The van der Waals surface area contributed by atoms with Crippen LogP contribution >= 0.6 is 0 Å². The Labute approximate surface area is 109 Å². The second-order valence-electron chi connectivity index (χ2n) is 4.34. The smallest absolute Gasteiger partial charge is 0.396 e. The molecule has 0 bridgehead atoms. The number of amides is 1. The summed E-state index contributed by atoms with van der Waals surface area (Å²) < 4.78 is 38.4. The van der Waals surface area contributed by atoms with Crippen LogP contribution in [0, 0.1) is 5.92 Å². The van der Waals surface area contributed by atoms with E-state index in [4.69, 9.17) is 5.11 Å². The van der Waals surface area contributed by atoms with E-state index >= 15 is 0 Å². The zero-order chi connectivity index (χ0) is 14.5. The highest BCUT2D eigenvalue weighted by molar-refractivity contribution is 5.72. The Morgan fingerprint density at radius 2 is 2.00 bits per heavy atom. The Morgan fingerprint density at radius 3 is 2.53 bits per heavy atom. The first-order valence-corrected chi connectivity index (χ1v) is 5.85. The van der Waals surface area contributed by atoms with E-state index < -0.39 is 17.7 Å². The molecule has 0 heterocycles. The standard InChI is InChI=1S/C13H16F3NO2/c1-9(19)17-7-10(8-18)6-11-4-2-3-5-12(11)13(14,15)16/h2-5,10,18H,6-8H2,1H3,(H,17,19). The van der Waals surface area contributed by atoms with E-state index in [9.17, 15) is 18.0 Å². The number of nitrogens with one attached hydrogen (secondary N) is 1. The fourth-order valence-electron chi connectivity index (χ4n) is 1.78. The first kappa shape index (κ1) is 15.5. The van der Waals surface area contributed by atoms with Crippen molar-refractivity contribution in [2.24, 2.45) is 5.92 Å². The molecule has 0 aliphatic rings. The number of aliphatic hydroxyl groups is 1. The molecule has 3 nitrogen and oxygen atoms in total. The summed E-state index contributed by atoms with van der Waals surface area (Å²) in [6.45, 7) is 1.18.